The Kier molecular flexibility index (Phi) is 7.76. The fourth-order valence-electron chi connectivity index (χ4n) is 3.01. The molecule has 26 heavy (non-hydrogen) atoms. The summed E-state index contributed by atoms with van der Waals surface area (Å²) in [6, 6.07) is 15.6. The summed E-state index contributed by atoms with van der Waals surface area (Å²) in [5.41, 5.74) is 1.98. The molecule has 0 aromatic heterocycles. The van der Waals surface area contributed by atoms with Crippen LogP contribution in [-0.4, -0.2) is 37.0 Å². The van der Waals surface area contributed by atoms with Crippen LogP contribution < -0.4 is 10.1 Å². The van der Waals surface area contributed by atoms with Crippen LogP contribution in [-0.2, 0) is 17.8 Å². The number of hydrogen-bond acceptors (Lipinski definition) is 3. The molecular formula is C20H24Cl2N2O2. The minimum absolute atomic E-state index is 0. The van der Waals surface area contributed by atoms with Crippen LogP contribution in [0.5, 0.6) is 5.75 Å². The molecule has 1 aliphatic rings. The van der Waals surface area contributed by atoms with Gasteiger partial charge in [-0.05, 0) is 48.4 Å². The van der Waals surface area contributed by atoms with Crippen LogP contribution in [0.1, 0.15) is 17.5 Å². The maximum absolute atomic E-state index is 12.5. The first-order chi connectivity index (χ1) is 12.1. The van der Waals surface area contributed by atoms with E-state index < -0.39 is 0 Å². The van der Waals surface area contributed by atoms with Crippen molar-refractivity contribution in [2.24, 2.45) is 0 Å². The Hall–Kier alpha value is -1.75. The van der Waals surface area contributed by atoms with Gasteiger partial charge in [0.2, 0.25) is 5.91 Å². The van der Waals surface area contributed by atoms with Gasteiger partial charge in [-0.15, -0.1) is 12.4 Å². The topological polar surface area (TPSA) is 41.6 Å². The molecule has 2 aromatic carbocycles. The van der Waals surface area contributed by atoms with Crippen LogP contribution >= 0.6 is 24.0 Å². The number of carbonyl (C=O) groups excluding carboxylic acids is 1. The number of nitrogens with one attached hydrogen (secondary N) is 1. The third-order valence-electron chi connectivity index (χ3n) is 4.52. The molecule has 3 rings (SSSR count). The zero-order valence-corrected chi connectivity index (χ0v) is 16.4. The normalized spacial score (nSPS) is 16.0. The summed E-state index contributed by atoms with van der Waals surface area (Å²) in [4.78, 5) is 14.3. The lowest BCUT2D eigenvalue weighted by molar-refractivity contribution is -0.130. The summed E-state index contributed by atoms with van der Waals surface area (Å²) < 4.78 is 5.84. The Morgan fingerprint density at radius 2 is 2.00 bits per heavy atom. The molecule has 1 N–H and O–H groups in total. The van der Waals surface area contributed by atoms with E-state index in [0.717, 1.165) is 36.4 Å². The maximum atomic E-state index is 12.5. The van der Waals surface area contributed by atoms with Crippen LogP contribution in [0.25, 0.3) is 0 Å². The number of carbonyl (C=O) groups is 1. The number of benzene rings is 2. The third kappa shape index (κ3) is 5.63. The molecule has 1 aliphatic heterocycles. The molecule has 4 nitrogen and oxygen atoms in total. The van der Waals surface area contributed by atoms with E-state index in [-0.39, 0.29) is 18.3 Å². The molecule has 0 spiro atoms. The predicted octanol–water partition coefficient (Wildman–Crippen LogP) is 3.70. The third-order valence-corrected chi connectivity index (χ3v) is 4.76. The Morgan fingerprint density at radius 3 is 2.73 bits per heavy atom. The lowest BCUT2D eigenvalue weighted by Crippen LogP contribution is -2.39. The Bertz CT molecular complexity index is 733. The van der Waals surface area contributed by atoms with Crippen molar-refractivity contribution in [1.82, 2.24) is 10.2 Å². The molecule has 1 fully saturated rings. The van der Waals surface area contributed by atoms with Gasteiger partial charge in [-0.3, -0.25) is 4.79 Å². The first kappa shape index (κ1) is 20.6. The van der Waals surface area contributed by atoms with E-state index in [2.05, 4.69) is 5.32 Å². The first-order valence-corrected chi connectivity index (χ1v) is 8.92. The van der Waals surface area contributed by atoms with Gasteiger partial charge < -0.3 is 15.0 Å². The van der Waals surface area contributed by atoms with E-state index in [4.69, 9.17) is 16.3 Å². The van der Waals surface area contributed by atoms with Crippen molar-refractivity contribution in [2.75, 3.05) is 20.1 Å². The highest BCUT2D eigenvalue weighted by Crippen LogP contribution is 2.18. The fraction of sp³-hybridized carbons (Fsp3) is 0.350. The number of nitrogens with zero attached hydrogens (tertiary/aromatic N) is 1. The van der Waals surface area contributed by atoms with Crippen molar-refractivity contribution in [1.29, 1.82) is 0 Å². The monoisotopic (exact) mass is 394 g/mol. The number of hydrogen-bond donors (Lipinski definition) is 1. The van der Waals surface area contributed by atoms with E-state index in [9.17, 15) is 4.79 Å². The first-order valence-electron chi connectivity index (χ1n) is 8.54. The highest BCUT2D eigenvalue weighted by molar-refractivity contribution is 6.30. The van der Waals surface area contributed by atoms with Gasteiger partial charge in [-0.2, -0.15) is 0 Å². The molecule has 1 amide bonds. The van der Waals surface area contributed by atoms with Crippen molar-refractivity contribution in [2.45, 2.75) is 25.5 Å². The second kappa shape index (κ2) is 9.81. The van der Waals surface area contributed by atoms with E-state index >= 15 is 0 Å². The highest BCUT2D eigenvalue weighted by atomic mass is 35.5. The summed E-state index contributed by atoms with van der Waals surface area (Å²) in [5, 5.41) is 3.99. The molecule has 1 unspecified atom stereocenters. The molecule has 140 valence electrons. The summed E-state index contributed by atoms with van der Waals surface area (Å²) in [7, 11) is 1.89. The molecule has 6 heteroatoms. The molecule has 0 aliphatic carbocycles. The molecule has 1 heterocycles. The Labute approximate surface area is 165 Å². The molecule has 0 bridgehead atoms. The van der Waals surface area contributed by atoms with Gasteiger partial charge in [0.25, 0.3) is 0 Å². The Balaban J connectivity index is 0.00000243. The summed E-state index contributed by atoms with van der Waals surface area (Å²) in [6.07, 6.45) is 1.41. The van der Waals surface area contributed by atoms with E-state index in [0.29, 0.717) is 24.1 Å². The quantitative estimate of drug-likeness (QED) is 0.811. The van der Waals surface area contributed by atoms with Gasteiger partial charge in [-0.25, -0.2) is 0 Å². The average molecular weight is 395 g/mol. The van der Waals surface area contributed by atoms with Crippen molar-refractivity contribution in [3.63, 3.8) is 0 Å². The summed E-state index contributed by atoms with van der Waals surface area (Å²) in [6.45, 7) is 2.31. The van der Waals surface area contributed by atoms with Crippen LogP contribution in [0.15, 0.2) is 48.5 Å². The standard InChI is InChI=1S/C20H23ClN2O2.ClH/c1-23(18-8-9-22-13-18)20(24)12-15-4-3-7-19(11-15)25-14-16-5-2-6-17(21)10-16;/h2-7,10-11,18,22H,8-9,12-14H2,1H3;1H. The zero-order chi connectivity index (χ0) is 17.6. The number of halogens is 2. The van der Waals surface area contributed by atoms with Gasteiger partial charge in [0, 0.05) is 24.7 Å². The molecular weight excluding hydrogens is 371 g/mol. The molecule has 2 aromatic rings. The van der Waals surface area contributed by atoms with Gasteiger partial charge >= 0.3 is 0 Å². The predicted molar refractivity (Wildman–Crippen MR) is 107 cm³/mol. The van der Waals surface area contributed by atoms with Gasteiger partial charge in [0.15, 0.2) is 0 Å². The van der Waals surface area contributed by atoms with Crippen molar-refractivity contribution in [3.8, 4) is 5.75 Å². The van der Waals surface area contributed by atoms with Crippen molar-refractivity contribution in [3.05, 3.63) is 64.7 Å². The largest absolute Gasteiger partial charge is 0.489 e. The minimum atomic E-state index is 0. The lowest BCUT2D eigenvalue weighted by Gasteiger charge is -2.23. The number of ether oxygens (including phenoxy) is 1. The highest BCUT2D eigenvalue weighted by Gasteiger charge is 2.23. The smallest absolute Gasteiger partial charge is 0.227 e. The van der Waals surface area contributed by atoms with E-state index in [1.54, 1.807) is 0 Å². The van der Waals surface area contributed by atoms with E-state index in [1.807, 2.05) is 60.5 Å². The second-order valence-electron chi connectivity index (χ2n) is 6.39. The molecule has 0 radical (unpaired) electrons. The summed E-state index contributed by atoms with van der Waals surface area (Å²) in [5.74, 6) is 0.899. The fourth-order valence-corrected chi connectivity index (χ4v) is 3.22. The summed E-state index contributed by atoms with van der Waals surface area (Å²) >= 11 is 5.99. The SMILES string of the molecule is CN(C(=O)Cc1cccc(OCc2cccc(Cl)c2)c1)C1CCNC1.Cl. The van der Waals surface area contributed by atoms with E-state index in [1.165, 1.54) is 0 Å². The molecule has 1 atom stereocenters. The van der Waals surface area contributed by atoms with Crippen LogP contribution in [0.3, 0.4) is 0 Å². The zero-order valence-electron chi connectivity index (χ0n) is 14.8. The van der Waals surface area contributed by atoms with Crippen LogP contribution in [0.4, 0.5) is 0 Å². The van der Waals surface area contributed by atoms with Gasteiger partial charge in [0.05, 0.1) is 6.42 Å². The maximum Gasteiger partial charge on any atom is 0.227 e. The van der Waals surface area contributed by atoms with Gasteiger partial charge in [0.1, 0.15) is 12.4 Å². The van der Waals surface area contributed by atoms with Crippen LogP contribution in [0, 0.1) is 0 Å². The van der Waals surface area contributed by atoms with Crippen molar-refractivity contribution >= 4 is 29.9 Å². The number of amides is 1. The van der Waals surface area contributed by atoms with Crippen molar-refractivity contribution < 1.29 is 9.53 Å². The molecule has 1 saturated heterocycles. The van der Waals surface area contributed by atoms with Crippen LogP contribution in [0.2, 0.25) is 5.02 Å². The number of rotatable bonds is 6. The average Bonchev–Trinajstić information content (AvgIpc) is 3.14. The number of likely N-dealkylation sites (N-methyl/N-ethyl adjacent to an activating group) is 1. The second-order valence-corrected chi connectivity index (χ2v) is 6.83. The molecule has 0 saturated carbocycles. The Morgan fingerprint density at radius 1 is 1.23 bits per heavy atom. The lowest BCUT2D eigenvalue weighted by atomic mass is 10.1. The minimum Gasteiger partial charge on any atom is -0.489 e. The van der Waals surface area contributed by atoms with Gasteiger partial charge in [-0.1, -0.05) is 35.9 Å².